The van der Waals surface area contributed by atoms with E-state index >= 15 is 0 Å². The first-order valence-corrected chi connectivity index (χ1v) is 8.38. The molecule has 0 spiro atoms. The number of hydrogen-bond acceptors (Lipinski definition) is 7. The fourth-order valence-electron chi connectivity index (χ4n) is 2.22. The lowest BCUT2D eigenvalue weighted by atomic mass is 10.2. The van der Waals surface area contributed by atoms with Gasteiger partial charge in [0, 0.05) is 18.0 Å². The Balaban J connectivity index is 1.67. The molecule has 0 aliphatic carbocycles. The number of benzene rings is 1. The van der Waals surface area contributed by atoms with E-state index in [0.29, 0.717) is 11.5 Å². The first kappa shape index (κ1) is 14.7. The first-order valence-electron chi connectivity index (χ1n) is 7.57. The van der Waals surface area contributed by atoms with Crippen molar-refractivity contribution in [3.63, 3.8) is 0 Å². The predicted octanol–water partition coefficient (Wildman–Crippen LogP) is 3.10. The Morgan fingerprint density at radius 2 is 2.00 bits per heavy atom. The summed E-state index contributed by atoms with van der Waals surface area (Å²) in [5.41, 5.74) is 1.66. The lowest BCUT2D eigenvalue weighted by Gasteiger charge is -2.04. The van der Waals surface area contributed by atoms with Crippen molar-refractivity contribution in [2.45, 2.75) is 13.3 Å². The third kappa shape index (κ3) is 2.71. The minimum Gasteiger partial charge on any atom is -0.494 e. The molecule has 0 aliphatic rings. The Morgan fingerprint density at radius 1 is 1.12 bits per heavy atom. The average Bonchev–Trinajstić information content (AvgIpc) is 3.22. The minimum atomic E-state index is 0.587. The zero-order valence-electron chi connectivity index (χ0n) is 13.0. The smallest absolute Gasteiger partial charge is 0.235 e. The standard InChI is InChI=1S/C16H14N6OS/c1-2-9-23-12-5-3-11(4-6-12)15-21-22-14(19-20-16(22)24-15)13-10-17-7-8-18-13/h3-8,10H,2,9H2,1H3. The number of aromatic nitrogens is 6. The normalized spacial score (nSPS) is 11.0. The van der Waals surface area contributed by atoms with Crippen molar-refractivity contribution in [1.82, 2.24) is 29.8 Å². The van der Waals surface area contributed by atoms with Crippen LogP contribution in [0.5, 0.6) is 5.75 Å². The molecular weight excluding hydrogens is 324 g/mol. The van der Waals surface area contributed by atoms with Gasteiger partial charge in [-0.15, -0.1) is 10.2 Å². The topological polar surface area (TPSA) is 78.1 Å². The van der Waals surface area contributed by atoms with Gasteiger partial charge in [-0.2, -0.15) is 9.61 Å². The van der Waals surface area contributed by atoms with E-state index in [-0.39, 0.29) is 0 Å². The quantitative estimate of drug-likeness (QED) is 0.556. The van der Waals surface area contributed by atoms with Crippen LogP contribution in [0.4, 0.5) is 0 Å². The molecule has 0 saturated carbocycles. The van der Waals surface area contributed by atoms with Crippen LogP contribution in [0.3, 0.4) is 0 Å². The number of fused-ring (bicyclic) bond motifs is 1. The SMILES string of the molecule is CCCOc1ccc(-c2nn3c(-c4cnccn4)nnc3s2)cc1. The molecule has 0 aliphatic heterocycles. The summed E-state index contributed by atoms with van der Waals surface area (Å²) in [6.45, 7) is 2.81. The van der Waals surface area contributed by atoms with E-state index in [2.05, 4.69) is 32.2 Å². The Kier molecular flexibility index (Phi) is 3.87. The summed E-state index contributed by atoms with van der Waals surface area (Å²) in [5.74, 6) is 1.45. The third-order valence-electron chi connectivity index (χ3n) is 3.36. The van der Waals surface area contributed by atoms with Crippen LogP contribution in [0.2, 0.25) is 0 Å². The highest BCUT2D eigenvalue weighted by Crippen LogP contribution is 2.28. The summed E-state index contributed by atoms with van der Waals surface area (Å²) < 4.78 is 7.31. The van der Waals surface area contributed by atoms with Gasteiger partial charge in [-0.05, 0) is 30.7 Å². The molecule has 0 unspecified atom stereocenters. The van der Waals surface area contributed by atoms with Gasteiger partial charge in [0.05, 0.1) is 12.8 Å². The van der Waals surface area contributed by atoms with Gasteiger partial charge in [-0.1, -0.05) is 18.3 Å². The fraction of sp³-hybridized carbons (Fsp3) is 0.188. The van der Waals surface area contributed by atoms with E-state index in [1.165, 1.54) is 11.3 Å². The monoisotopic (exact) mass is 338 g/mol. The van der Waals surface area contributed by atoms with Crippen molar-refractivity contribution in [2.24, 2.45) is 0 Å². The Morgan fingerprint density at radius 3 is 2.75 bits per heavy atom. The molecular formula is C16H14N6OS. The van der Waals surface area contributed by atoms with Gasteiger partial charge >= 0.3 is 0 Å². The molecule has 4 rings (SSSR count). The van der Waals surface area contributed by atoms with Gasteiger partial charge in [0.2, 0.25) is 10.8 Å². The zero-order valence-corrected chi connectivity index (χ0v) is 13.8. The van der Waals surface area contributed by atoms with Gasteiger partial charge in [0.1, 0.15) is 16.5 Å². The third-order valence-corrected chi connectivity index (χ3v) is 4.31. The van der Waals surface area contributed by atoms with Crippen LogP contribution in [-0.2, 0) is 0 Å². The van der Waals surface area contributed by atoms with Crippen molar-refractivity contribution >= 4 is 16.3 Å². The van der Waals surface area contributed by atoms with Gasteiger partial charge < -0.3 is 4.74 Å². The molecule has 4 aromatic rings. The molecule has 3 heterocycles. The largest absolute Gasteiger partial charge is 0.494 e. The van der Waals surface area contributed by atoms with E-state index in [1.54, 1.807) is 23.1 Å². The lowest BCUT2D eigenvalue weighted by molar-refractivity contribution is 0.317. The van der Waals surface area contributed by atoms with Crippen LogP contribution < -0.4 is 4.74 Å². The average molecular weight is 338 g/mol. The van der Waals surface area contributed by atoms with Crippen molar-refractivity contribution in [3.05, 3.63) is 42.9 Å². The van der Waals surface area contributed by atoms with Crippen molar-refractivity contribution in [1.29, 1.82) is 0 Å². The minimum absolute atomic E-state index is 0.587. The van der Waals surface area contributed by atoms with Gasteiger partial charge in [0.15, 0.2) is 0 Å². The van der Waals surface area contributed by atoms with Crippen molar-refractivity contribution < 1.29 is 4.74 Å². The number of rotatable bonds is 5. The highest BCUT2D eigenvalue weighted by molar-refractivity contribution is 7.19. The molecule has 24 heavy (non-hydrogen) atoms. The molecule has 3 aromatic heterocycles. The molecule has 120 valence electrons. The molecule has 0 saturated heterocycles. The molecule has 0 radical (unpaired) electrons. The van der Waals surface area contributed by atoms with E-state index in [0.717, 1.165) is 34.3 Å². The highest BCUT2D eigenvalue weighted by atomic mass is 32.1. The summed E-state index contributed by atoms with van der Waals surface area (Å²) in [6.07, 6.45) is 5.88. The first-order chi connectivity index (χ1) is 11.8. The lowest BCUT2D eigenvalue weighted by Crippen LogP contribution is -1.95. The van der Waals surface area contributed by atoms with Crippen molar-refractivity contribution in [2.75, 3.05) is 6.61 Å². The van der Waals surface area contributed by atoms with E-state index in [4.69, 9.17) is 4.74 Å². The Labute approximate surface area is 142 Å². The molecule has 0 fully saturated rings. The van der Waals surface area contributed by atoms with Crippen LogP contribution >= 0.6 is 11.3 Å². The van der Waals surface area contributed by atoms with Crippen LogP contribution in [-0.4, -0.2) is 36.4 Å². The maximum Gasteiger partial charge on any atom is 0.235 e. The molecule has 0 amide bonds. The summed E-state index contributed by atoms with van der Waals surface area (Å²) in [7, 11) is 0. The molecule has 1 aromatic carbocycles. The van der Waals surface area contributed by atoms with Gasteiger partial charge in [-0.25, -0.2) is 4.98 Å². The summed E-state index contributed by atoms with van der Waals surface area (Å²) in [6, 6.07) is 7.91. The molecule has 0 N–H and O–H groups in total. The second-order valence-corrected chi connectivity index (χ2v) is 6.04. The Hall–Kier alpha value is -2.87. The van der Waals surface area contributed by atoms with Crippen LogP contribution in [0.15, 0.2) is 42.9 Å². The summed E-state index contributed by atoms with van der Waals surface area (Å²) >= 11 is 1.48. The Bertz CT molecular complexity index is 948. The number of nitrogens with zero attached hydrogens (tertiary/aromatic N) is 6. The van der Waals surface area contributed by atoms with Gasteiger partial charge in [-0.3, -0.25) is 4.98 Å². The fourth-order valence-corrected chi connectivity index (χ4v) is 3.07. The summed E-state index contributed by atoms with van der Waals surface area (Å²) in [4.78, 5) is 9.04. The highest BCUT2D eigenvalue weighted by Gasteiger charge is 2.15. The molecule has 7 nitrogen and oxygen atoms in total. The zero-order chi connectivity index (χ0) is 16.4. The molecule has 8 heteroatoms. The number of ether oxygens (including phenoxy) is 1. The second-order valence-electron chi connectivity index (χ2n) is 5.09. The van der Waals surface area contributed by atoms with E-state index in [1.807, 2.05) is 24.3 Å². The van der Waals surface area contributed by atoms with Crippen LogP contribution in [0.25, 0.3) is 27.1 Å². The maximum absolute atomic E-state index is 5.61. The van der Waals surface area contributed by atoms with Gasteiger partial charge in [0.25, 0.3) is 0 Å². The maximum atomic E-state index is 5.61. The summed E-state index contributed by atoms with van der Waals surface area (Å²) in [5, 5.41) is 13.8. The second kappa shape index (κ2) is 6.32. The van der Waals surface area contributed by atoms with E-state index in [9.17, 15) is 0 Å². The molecule has 0 bridgehead atoms. The van der Waals surface area contributed by atoms with Crippen LogP contribution in [0.1, 0.15) is 13.3 Å². The van der Waals surface area contributed by atoms with E-state index < -0.39 is 0 Å². The molecule has 0 atom stereocenters. The van der Waals surface area contributed by atoms with Crippen molar-refractivity contribution in [3.8, 4) is 27.8 Å². The predicted molar refractivity (Wildman–Crippen MR) is 90.9 cm³/mol. The number of hydrogen-bond donors (Lipinski definition) is 0. The van der Waals surface area contributed by atoms with Crippen LogP contribution in [0, 0.1) is 0 Å².